The lowest BCUT2D eigenvalue weighted by molar-refractivity contribution is -0.116. The molecule has 0 bridgehead atoms. The van der Waals surface area contributed by atoms with Gasteiger partial charge in [0.25, 0.3) is 5.56 Å². The quantitative estimate of drug-likeness (QED) is 0.533. The van der Waals surface area contributed by atoms with Gasteiger partial charge >= 0.3 is 0 Å². The Balaban J connectivity index is 1.39. The molecule has 32 heavy (non-hydrogen) atoms. The van der Waals surface area contributed by atoms with E-state index in [0.717, 1.165) is 16.8 Å². The number of aromatic nitrogens is 4. The number of anilines is 1. The maximum Gasteiger partial charge on any atom is 0.264 e. The first-order valence-corrected chi connectivity index (χ1v) is 10.2. The van der Waals surface area contributed by atoms with E-state index in [4.69, 9.17) is 9.47 Å². The molecule has 9 nitrogen and oxygen atoms in total. The van der Waals surface area contributed by atoms with E-state index >= 15 is 0 Å². The maximum atomic E-state index is 13.0. The molecule has 0 radical (unpaired) electrons. The summed E-state index contributed by atoms with van der Waals surface area (Å²) in [5.74, 6) is 0.862. The van der Waals surface area contributed by atoms with Crippen molar-refractivity contribution in [3.05, 3.63) is 70.4 Å². The molecule has 0 atom stereocenters. The number of amides is 1. The number of rotatable bonds is 4. The van der Waals surface area contributed by atoms with Crippen LogP contribution >= 0.6 is 0 Å². The first-order valence-electron chi connectivity index (χ1n) is 10.2. The van der Waals surface area contributed by atoms with Crippen LogP contribution in [-0.2, 0) is 11.3 Å². The van der Waals surface area contributed by atoms with Gasteiger partial charge in [0.15, 0.2) is 17.1 Å². The average Bonchev–Trinajstić information content (AvgIpc) is 3.22. The number of carbonyl (C=O) groups excluding carboxylic acids is 1. The zero-order chi connectivity index (χ0) is 22.2. The Bertz CT molecular complexity index is 1410. The third-order valence-electron chi connectivity index (χ3n) is 5.50. The molecule has 4 aromatic rings. The Morgan fingerprint density at radius 2 is 1.94 bits per heavy atom. The van der Waals surface area contributed by atoms with Gasteiger partial charge in [0.1, 0.15) is 31.5 Å². The van der Waals surface area contributed by atoms with Crippen molar-refractivity contribution in [3.63, 3.8) is 0 Å². The van der Waals surface area contributed by atoms with Gasteiger partial charge < -0.3 is 14.8 Å². The van der Waals surface area contributed by atoms with Crippen molar-refractivity contribution in [1.82, 2.24) is 19.3 Å². The first kappa shape index (κ1) is 19.8. The molecule has 0 saturated heterocycles. The van der Waals surface area contributed by atoms with E-state index in [1.807, 2.05) is 32.0 Å². The summed E-state index contributed by atoms with van der Waals surface area (Å²) >= 11 is 0. The van der Waals surface area contributed by atoms with E-state index in [0.29, 0.717) is 41.4 Å². The molecule has 1 aliphatic heterocycles. The predicted molar refractivity (Wildman–Crippen MR) is 119 cm³/mol. The number of nitrogens with one attached hydrogen (secondary N) is 1. The highest BCUT2D eigenvalue weighted by Gasteiger charge is 2.16. The van der Waals surface area contributed by atoms with Crippen LogP contribution in [0.3, 0.4) is 0 Å². The second-order valence-corrected chi connectivity index (χ2v) is 7.60. The van der Waals surface area contributed by atoms with Crippen LogP contribution in [0.25, 0.3) is 16.7 Å². The van der Waals surface area contributed by atoms with E-state index in [9.17, 15) is 9.59 Å². The Morgan fingerprint density at radius 3 is 2.78 bits per heavy atom. The molecule has 9 heteroatoms. The van der Waals surface area contributed by atoms with Crippen molar-refractivity contribution in [2.24, 2.45) is 0 Å². The van der Waals surface area contributed by atoms with Gasteiger partial charge in [-0.1, -0.05) is 12.1 Å². The summed E-state index contributed by atoms with van der Waals surface area (Å²) in [6.45, 7) is 4.80. The fourth-order valence-corrected chi connectivity index (χ4v) is 3.68. The molecule has 0 aliphatic carbocycles. The summed E-state index contributed by atoms with van der Waals surface area (Å²) in [6, 6.07) is 11.1. The molecule has 1 aliphatic rings. The summed E-state index contributed by atoms with van der Waals surface area (Å²) in [5, 5.41) is 7.50. The molecule has 1 N–H and O–H groups in total. The standard InChI is InChI=1S/C23H21N5O4/c1-14-4-3-5-18(15(14)2)28-22-17(11-25-28)23(30)27(13-24-22)12-21(29)26-16-6-7-19-20(10-16)32-9-8-31-19/h3-7,10-11,13H,8-9,12H2,1-2H3,(H,26,29). The van der Waals surface area contributed by atoms with E-state index in [-0.39, 0.29) is 18.0 Å². The molecule has 5 rings (SSSR count). The molecule has 1 amide bonds. The molecular formula is C23H21N5O4. The van der Waals surface area contributed by atoms with Crippen molar-refractivity contribution in [2.75, 3.05) is 18.5 Å². The van der Waals surface area contributed by atoms with Gasteiger partial charge in [-0.2, -0.15) is 5.10 Å². The average molecular weight is 431 g/mol. The number of hydrogen-bond acceptors (Lipinski definition) is 6. The second kappa shape index (κ2) is 7.84. The maximum absolute atomic E-state index is 13.0. The first-order chi connectivity index (χ1) is 15.5. The highest BCUT2D eigenvalue weighted by atomic mass is 16.6. The lowest BCUT2D eigenvalue weighted by Crippen LogP contribution is -2.28. The Kier molecular flexibility index (Phi) is 4.85. The second-order valence-electron chi connectivity index (χ2n) is 7.60. The van der Waals surface area contributed by atoms with Crippen LogP contribution in [0.4, 0.5) is 5.69 Å². The lowest BCUT2D eigenvalue weighted by atomic mass is 10.1. The van der Waals surface area contributed by atoms with E-state index < -0.39 is 0 Å². The molecule has 162 valence electrons. The van der Waals surface area contributed by atoms with Crippen molar-refractivity contribution >= 4 is 22.6 Å². The molecular weight excluding hydrogens is 410 g/mol. The molecule has 2 aromatic carbocycles. The predicted octanol–water partition coefficient (Wildman–Crippen LogP) is 2.61. The minimum Gasteiger partial charge on any atom is -0.486 e. The fraction of sp³-hybridized carbons (Fsp3) is 0.217. The smallest absolute Gasteiger partial charge is 0.264 e. The molecule has 0 spiro atoms. The van der Waals surface area contributed by atoms with Crippen LogP contribution in [0.2, 0.25) is 0 Å². The third kappa shape index (κ3) is 3.47. The highest BCUT2D eigenvalue weighted by molar-refractivity contribution is 5.91. The normalized spacial score (nSPS) is 12.7. The SMILES string of the molecule is Cc1cccc(-n2ncc3c(=O)n(CC(=O)Nc4ccc5c(c4)OCCO5)cnc32)c1C. The molecule has 3 heterocycles. The van der Waals surface area contributed by atoms with E-state index in [1.165, 1.54) is 17.1 Å². The van der Waals surface area contributed by atoms with Crippen molar-refractivity contribution in [2.45, 2.75) is 20.4 Å². The van der Waals surface area contributed by atoms with Gasteiger partial charge in [-0.25, -0.2) is 9.67 Å². The zero-order valence-corrected chi connectivity index (χ0v) is 17.7. The Hall–Kier alpha value is -4.14. The summed E-state index contributed by atoms with van der Waals surface area (Å²) in [5.41, 5.74) is 3.72. The van der Waals surface area contributed by atoms with Crippen LogP contribution in [0.15, 0.2) is 53.7 Å². The van der Waals surface area contributed by atoms with Crippen molar-refractivity contribution in [3.8, 4) is 17.2 Å². The molecule has 2 aromatic heterocycles. The van der Waals surface area contributed by atoms with Gasteiger partial charge in [0, 0.05) is 11.8 Å². The molecule has 0 unspecified atom stereocenters. The summed E-state index contributed by atoms with van der Waals surface area (Å²) in [7, 11) is 0. The number of hydrogen-bond donors (Lipinski definition) is 1. The third-order valence-corrected chi connectivity index (χ3v) is 5.50. The van der Waals surface area contributed by atoms with Crippen LogP contribution in [-0.4, -0.2) is 38.5 Å². The number of carbonyl (C=O) groups is 1. The zero-order valence-electron chi connectivity index (χ0n) is 17.7. The van der Waals surface area contributed by atoms with Crippen LogP contribution in [0.5, 0.6) is 11.5 Å². The number of ether oxygens (including phenoxy) is 2. The minimum absolute atomic E-state index is 0.176. The number of benzene rings is 2. The van der Waals surface area contributed by atoms with Crippen molar-refractivity contribution in [1.29, 1.82) is 0 Å². The highest BCUT2D eigenvalue weighted by Crippen LogP contribution is 2.32. The Morgan fingerprint density at radius 1 is 1.12 bits per heavy atom. The summed E-state index contributed by atoms with van der Waals surface area (Å²) < 4.78 is 13.9. The monoisotopic (exact) mass is 431 g/mol. The number of nitrogens with zero attached hydrogens (tertiary/aromatic N) is 4. The Labute approximate surface area is 183 Å². The fourth-order valence-electron chi connectivity index (χ4n) is 3.68. The van der Waals surface area contributed by atoms with Crippen LogP contribution < -0.4 is 20.3 Å². The van der Waals surface area contributed by atoms with Gasteiger partial charge in [0.05, 0.1) is 11.9 Å². The topological polar surface area (TPSA) is 100 Å². The summed E-state index contributed by atoms with van der Waals surface area (Å²) in [6.07, 6.45) is 2.86. The van der Waals surface area contributed by atoms with Gasteiger partial charge in [-0.3, -0.25) is 14.2 Å². The molecule has 0 saturated carbocycles. The number of fused-ring (bicyclic) bond motifs is 2. The summed E-state index contributed by atoms with van der Waals surface area (Å²) in [4.78, 5) is 29.9. The molecule has 0 fully saturated rings. The van der Waals surface area contributed by atoms with E-state index in [1.54, 1.807) is 22.9 Å². The van der Waals surface area contributed by atoms with Gasteiger partial charge in [-0.15, -0.1) is 0 Å². The van der Waals surface area contributed by atoms with Crippen LogP contribution in [0, 0.1) is 13.8 Å². The van der Waals surface area contributed by atoms with Crippen LogP contribution in [0.1, 0.15) is 11.1 Å². The van der Waals surface area contributed by atoms with E-state index in [2.05, 4.69) is 15.4 Å². The van der Waals surface area contributed by atoms with Gasteiger partial charge in [-0.05, 0) is 43.2 Å². The van der Waals surface area contributed by atoms with Gasteiger partial charge in [0.2, 0.25) is 5.91 Å². The minimum atomic E-state index is -0.355. The largest absolute Gasteiger partial charge is 0.486 e. The number of aryl methyl sites for hydroxylation is 1. The lowest BCUT2D eigenvalue weighted by Gasteiger charge is -2.19. The van der Waals surface area contributed by atoms with Crippen molar-refractivity contribution < 1.29 is 14.3 Å².